The fraction of sp³-hybridized carbons (Fsp3) is 0.294. The Hall–Kier alpha value is -3.73. The van der Waals surface area contributed by atoms with Gasteiger partial charge in [-0.2, -0.15) is 0 Å². The number of allylic oxidation sites excluding steroid dienone is 2. The van der Waals surface area contributed by atoms with Crippen LogP contribution in [-0.2, 0) is 19.2 Å². The van der Waals surface area contributed by atoms with Gasteiger partial charge in [0.25, 0.3) is 0 Å². The van der Waals surface area contributed by atoms with E-state index in [1.807, 2.05) is 6.08 Å². The molecule has 2 heterocycles. The van der Waals surface area contributed by atoms with E-state index in [0.717, 1.165) is 11.0 Å². The van der Waals surface area contributed by atoms with Crippen molar-refractivity contribution in [1.29, 1.82) is 0 Å². The largest absolute Gasteiger partial charge is 0.504 e. The van der Waals surface area contributed by atoms with Crippen molar-refractivity contribution in [1.82, 2.24) is 0 Å². The van der Waals surface area contributed by atoms with Crippen molar-refractivity contribution in [2.24, 2.45) is 29.1 Å². The van der Waals surface area contributed by atoms with Crippen LogP contribution in [-0.4, -0.2) is 35.8 Å². The van der Waals surface area contributed by atoms with Gasteiger partial charge in [0.1, 0.15) is 5.82 Å². The molecule has 2 aliphatic heterocycles. The number of ether oxygens (including phenoxy) is 1. The number of benzene rings is 3. The minimum atomic E-state index is -1.43. The minimum Gasteiger partial charge on any atom is -0.504 e. The normalized spacial score (nSPS) is 28.7. The number of nitrogens with zero attached hydrogens (tertiary/aromatic N) is 2. The van der Waals surface area contributed by atoms with E-state index in [4.69, 9.17) is 27.9 Å². The Balaban J connectivity index is 1.40. The van der Waals surface area contributed by atoms with E-state index >= 15 is 0 Å². The Labute approximate surface area is 281 Å². The molecule has 6 atom stereocenters. The lowest BCUT2D eigenvalue weighted by Crippen LogP contribution is -2.49. The lowest BCUT2D eigenvalue weighted by atomic mass is 9.51. The van der Waals surface area contributed by atoms with Gasteiger partial charge in [0.15, 0.2) is 11.5 Å². The monoisotopic (exact) mass is 726 g/mol. The molecular weight excluding hydrogens is 702 g/mol. The molecule has 8 nitrogen and oxygen atoms in total. The third-order valence-electron chi connectivity index (χ3n) is 10.1. The molecule has 4 amide bonds. The van der Waals surface area contributed by atoms with Crippen LogP contribution in [0.2, 0.25) is 10.0 Å². The summed E-state index contributed by atoms with van der Waals surface area (Å²) in [6.45, 7) is 1.69. The van der Waals surface area contributed by atoms with Gasteiger partial charge < -0.3 is 9.84 Å². The lowest BCUT2D eigenvalue weighted by molar-refractivity contribution is -0.131. The molecule has 3 aromatic rings. The van der Waals surface area contributed by atoms with Crippen LogP contribution in [0.25, 0.3) is 0 Å². The first-order valence-corrected chi connectivity index (χ1v) is 16.2. The van der Waals surface area contributed by atoms with Crippen LogP contribution in [0.5, 0.6) is 11.5 Å². The first-order valence-electron chi connectivity index (χ1n) is 14.6. The van der Waals surface area contributed by atoms with Crippen molar-refractivity contribution >= 4 is 74.1 Å². The Morgan fingerprint density at radius 3 is 2.30 bits per heavy atom. The summed E-state index contributed by atoms with van der Waals surface area (Å²) in [5.41, 5.74) is 0.100. The molecule has 1 saturated carbocycles. The van der Waals surface area contributed by atoms with Gasteiger partial charge in [0.2, 0.25) is 23.6 Å². The van der Waals surface area contributed by atoms with E-state index in [2.05, 4.69) is 15.9 Å². The van der Waals surface area contributed by atoms with E-state index < -0.39 is 58.5 Å². The van der Waals surface area contributed by atoms with Crippen molar-refractivity contribution in [2.75, 3.05) is 16.9 Å². The molecule has 4 aliphatic rings. The summed E-state index contributed by atoms with van der Waals surface area (Å²) >= 11 is 15.6. The number of phenols is 1. The quantitative estimate of drug-likeness (QED) is 0.228. The van der Waals surface area contributed by atoms with E-state index in [0.29, 0.717) is 26.3 Å². The molecule has 0 aromatic heterocycles. The van der Waals surface area contributed by atoms with E-state index in [1.165, 1.54) is 24.1 Å². The minimum absolute atomic E-state index is 0.107. The summed E-state index contributed by atoms with van der Waals surface area (Å²) in [7, 11) is 1.41. The molecule has 6 unspecified atom stereocenters. The molecule has 0 radical (unpaired) electrons. The number of carbonyl (C=O) groups is 4. The molecule has 0 spiro atoms. The van der Waals surface area contributed by atoms with Crippen LogP contribution >= 0.6 is 39.1 Å². The van der Waals surface area contributed by atoms with E-state index in [1.54, 1.807) is 43.3 Å². The summed E-state index contributed by atoms with van der Waals surface area (Å²) in [5, 5.41) is 11.7. The van der Waals surface area contributed by atoms with Gasteiger partial charge >= 0.3 is 0 Å². The molecule has 2 saturated heterocycles. The Morgan fingerprint density at radius 2 is 1.63 bits per heavy atom. The summed E-state index contributed by atoms with van der Waals surface area (Å²) in [5.74, 6) is -6.50. The fourth-order valence-corrected chi connectivity index (χ4v) is 8.80. The van der Waals surface area contributed by atoms with Crippen molar-refractivity contribution < 1.29 is 33.4 Å². The number of fused-ring (bicyclic) bond motifs is 4. The van der Waals surface area contributed by atoms with Crippen LogP contribution < -0.4 is 14.5 Å². The number of carbonyl (C=O) groups excluding carboxylic acids is 4. The molecule has 0 bridgehead atoms. The number of rotatable bonds is 4. The van der Waals surface area contributed by atoms with Crippen LogP contribution in [0, 0.1) is 34.9 Å². The third kappa shape index (κ3) is 4.29. The van der Waals surface area contributed by atoms with Gasteiger partial charge in [0, 0.05) is 21.0 Å². The Kier molecular flexibility index (Phi) is 7.34. The number of methoxy groups -OCH3 is 1. The third-order valence-corrected chi connectivity index (χ3v) is 11.1. The highest BCUT2D eigenvalue weighted by atomic mass is 79.9. The molecule has 1 N–H and O–H groups in total. The summed E-state index contributed by atoms with van der Waals surface area (Å²) in [6.07, 6.45) is 2.22. The predicted molar refractivity (Wildman–Crippen MR) is 172 cm³/mol. The smallest absolute Gasteiger partial charge is 0.241 e. The average molecular weight is 728 g/mol. The number of hydrogen-bond donors (Lipinski definition) is 1. The number of halogens is 4. The van der Waals surface area contributed by atoms with Gasteiger partial charge in [-0.15, -0.1) is 0 Å². The fourth-order valence-electron chi connectivity index (χ4n) is 8.04. The molecule has 12 heteroatoms. The van der Waals surface area contributed by atoms with Gasteiger partial charge in [-0.3, -0.25) is 24.1 Å². The highest BCUT2D eigenvalue weighted by Gasteiger charge is 2.68. The van der Waals surface area contributed by atoms with Crippen LogP contribution in [0.4, 0.5) is 15.8 Å². The zero-order valence-corrected chi connectivity index (χ0v) is 27.6. The van der Waals surface area contributed by atoms with Crippen molar-refractivity contribution in [3.8, 4) is 11.5 Å². The first kappa shape index (κ1) is 30.9. The molecule has 3 fully saturated rings. The Morgan fingerprint density at radius 1 is 0.935 bits per heavy atom. The van der Waals surface area contributed by atoms with Gasteiger partial charge in [-0.05, 0) is 80.3 Å². The molecule has 2 aliphatic carbocycles. The maximum atomic E-state index is 14.6. The highest BCUT2D eigenvalue weighted by molar-refractivity contribution is 9.10. The lowest BCUT2D eigenvalue weighted by Gasteiger charge is -2.49. The van der Waals surface area contributed by atoms with Crippen molar-refractivity contribution in [2.45, 2.75) is 25.7 Å². The number of phenolic OH excluding ortho intramolecular Hbond substituents is 1. The van der Waals surface area contributed by atoms with Crippen LogP contribution in [0.3, 0.4) is 0 Å². The molecule has 236 valence electrons. The predicted octanol–water partition coefficient (Wildman–Crippen LogP) is 7.04. The number of imide groups is 2. The number of hydrogen-bond acceptors (Lipinski definition) is 6. The van der Waals surface area contributed by atoms with Gasteiger partial charge in [-0.1, -0.05) is 50.8 Å². The maximum absolute atomic E-state index is 14.6. The summed E-state index contributed by atoms with van der Waals surface area (Å²) < 4.78 is 20.1. The highest BCUT2D eigenvalue weighted by Crippen LogP contribution is 2.65. The van der Waals surface area contributed by atoms with Crippen LogP contribution in [0.15, 0.2) is 70.7 Å². The second-order valence-corrected chi connectivity index (χ2v) is 14.1. The standard InChI is InChI=1S/C34H26BrCl2FN2O6/c1-34-23(31(43)40(33(34)45)18-7-10-25(38)24(37)13-18)14-21-19(28(34)22-11-15(35)12-26(46-2)29(22)41)8-9-20-27(21)32(44)39(30(20)42)17-5-3-16(36)4-6-17/h3-8,10-13,20-21,23,27-28,41H,9,14H2,1-2H3. The Bertz CT molecular complexity index is 1900. The zero-order valence-electron chi connectivity index (χ0n) is 24.5. The van der Waals surface area contributed by atoms with Crippen LogP contribution in [0.1, 0.15) is 31.2 Å². The number of amides is 4. The maximum Gasteiger partial charge on any atom is 0.241 e. The summed E-state index contributed by atoms with van der Waals surface area (Å²) in [6, 6.07) is 13.3. The second kappa shape index (κ2) is 10.9. The van der Waals surface area contributed by atoms with Gasteiger partial charge in [0.05, 0.1) is 46.7 Å². The SMILES string of the molecule is COc1cc(Br)cc(C2C3=CCC4C(=O)N(c5ccc(Cl)cc5)C(=O)C4C3CC3C(=O)N(c4ccc(F)c(Cl)c4)C(=O)C32C)c1O. The molecule has 3 aromatic carbocycles. The van der Waals surface area contributed by atoms with Crippen molar-refractivity contribution in [3.05, 3.63) is 92.1 Å². The average Bonchev–Trinajstić information content (AvgIpc) is 3.39. The molecular formula is C34H26BrCl2FN2O6. The number of aromatic hydroxyl groups is 1. The first-order chi connectivity index (χ1) is 21.9. The summed E-state index contributed by atoms with van der Waals surface area (Å²) in [4.78, 5) is 59.0. The molecule has 7 rings (SSSR count). The number of anilines is 2. The van der Waals surface area contributed by atoms with E-state index in [9.17, 15) is 28.7 Å². The zero-order chi connectivity index (χ0) is 32.8. The van der Waals surface area contributed by atoms with Gasteiger partial charge in [-0.25, -0.2) is 9.29 Å². The van der Waals surface area contributed by atoms with E-state index in [-0.39, 0.29) is 41.0 Å². The second-order valence-electron chi connectivity index (χ2n) is 12.3. The topological polar surface area (TPSA) is 104 Å². The van der Waals surface area contributed by atoms with Crippen molar-refractivity contribution in [3.63, 3.8) is 0 Å². The molecule has 46 heavy (non-hydrogen) atoms.